The summed E-state index contributed by atoms with van der Waals surface area (Å²) in [4.78, 5) is 0. The lowest BCUT2D eigenvalue weighted by Crippen LogP contribution is -2.78. The van der Waals surface area contributed by atoms with Crippen molar-refractivity contribution in [2.24, 2.45) is 17.4 Å². The highest BCUT2D eigenvalue weighted by Gasteiger charge is 2.82. The molecule has 0 heterocycles. The third-order valence-corrected chi connectivity index (χ3v) is 3.07. The molecular weight excluding hydrogens is 269 g/mol. The van der Waals surface area contributed by atoms with Gasteiger partial charge in [0.2, 0.25) is 5.67 Å². The molecule has 106 valence electrons. The Bertz CT molecular complexity index is 402. The van der Waals surface area contributed by atoms with Crippen LogP contribution in [-0.2, 0) is 0 Å². The maximum Gasteiger partial charge on any atom is 0.350 e. The highest BCUT2D eigenvalue weighted by Crippen LogP contribution is 2.58. The number of alkyl halides is 5. The molecule has 18 heavy (non-hydrogen) atoms. The van der Waals surface area contributed by atoms with Gasteiger partial charge in [-0.1, -0.05) is 13.8 Å². The van der Waals surface area contributed by atoms with Gasteiger partial charge in [0.25, 0.3) is 11.6 Å². The second-order valence-electron chi connectivity index (χ2n) is 4.49. The summed E-state index contributed by atoms with van der Waals surface area (Å²) in [5.74, 6) is -22.6. The maximum atomic E-state index is 14.1. The summed E-state index contributed by atoms with van der Waals surface area (Å²) >= 11 is 0. The van der Waals surface area contributed by atoms with Crippen molar-refractivity contribution in [3.63, 3.8) is 0 Å². The van der Waals surface area contributed by atoms with Crippen LogP contribution in [0.1, 0.15) is 13.8 Å². The third-order valence-electron chi connectivity index (χ3n) is 3.07. The van der Waals surface area contributed by atoms with Crippen molar-refractivity contribution in [1.82, 2.24) is 0 Å². The van der Waals surface area contributed by atoms with Gasteiger partial charge in [0.1, 0.15) is 0 Å². The lowest BCUT2D eigenvalue weighted by atomic mass is 9.72. The van der Waals surface area contributed by atoms with E-state index in [1.807, 2.05) is 0 Å². The molecule has 1 aliphatic rings. The van der Waals surface area contributed by atoms with Crippen LogP contribution in [0.2, 0.25) is 0 Å². The minimum Gasteiger partial charge on any atom is -0.291 e. The van der Waals surface area contributed by atoms with Crippen molar-refractivity contribution in [3.05, 3.63) is 11.7 Å². The van der Waals surface area contributed by atoms with Crippen LogP contribution in [0.4, 0.5) is 30.7 Å². The fourth-order valence-corrected chi connectivity index (χ4v) is 1.78. The molecule has 0 amide bonds. The van der Waals surface area contributed by atoms with Crippen LogP contribution in [-0.4, -0.2) is 23.2 Å². The van der Waals surface area contributed by atoms with E-state index in [2.05, 4.69) is 11.5 Å². The molecule has 0 aromatic rings. The molecule has 0 aromatic heterocycles. The Labute approximate surface area is 97.8 Å². The third kappa shape index (κ3) is 1.31. The van der Waals surface area contributed by atoms with Crippen LogP contribution in [0.5, 0.6) is 0 Å². The van der Waals surface area contributed by atoms with Crippen molar-refractivity contribution in [3.8, 4) is 0 Å². The Hall–Kier alpha value is -0.830. The number of rotatable bonds is 1. The normalized spacial score (nSPS) is 44.7. The highest BCUT2D eigenvalue weighted by atomic mass is 19.3. The van der Waals surface area contributed by atoms with E-state index >= 15 is 0 Å². The topological polar surface area (TPSA) is 52.0 Å². The van der Waals surface area contributed by atoms with Crippen molar-refractivity contribution >= 4 is 0 Å². The van der Waals surface area contributed by atoms with Gasteiger partial charge in [-0.3, -0.25) is 11.5 Å². The van der Waals surface area contributed by atoms with E-state index in [4.69, 9.17) is 0 Å². The van der Waals surface area contributed by atoms with E-state index in [9.17, 15) is 30.7 Å². The van der Waals surface area contributed by atoms with Crippen molar-refractivity contribution < 1.29 is 30.7 Å². The second kappa shape index (κ2) is 3.60. The van der Waals surface area contributed by atoms with Crippen molar-refractivity contribution in [2.75, 3.05) is 0 Å². The molecular formula is C9H11F7N2. The second-order valence-corrected chi connectivity index (χ2v) is 4.49. The first-order valence-electron chi connectivity index (χ1n) is 4.84. The molecule has 0 aromatic carbocycles. The van der Waals surface area contributed by atoms with Gasteiger partial charge in [0.05, 0.1) is 0 Å². The average Bonchev–Trinajstić information content (AvgIpc) is 2.23. The van der Waals surface area contributed by atoms with Crippen LogP contribution < -0.4 is 11.5 Å². The van der Waals surface area contributed by atoms with Gasteiger partial charge in [-0.15, -0.1) is 0 Å². The fraction of sp³-hybridized carbons (Fsp3) is 0.778. The summed E-state index contributed by atoms with van der Waals surface area (Å²) in [5, 5.41) is 0. The maximum absolute atomic E-state index is 14.1. The zero-order chi connectivity index (χ0) is 14.7. The molecule has 0 saturated carbocycles. The average molecular weight is 280 g/mol. The SMILES string of the molecule is CC(C)C1(F)C(F)=C(F)C(N)(F)C(F)(F)C1(N)F. The number of nitrogens with two attached hydrogens (primary N) is 2. The largest absolute Gasteiger partial charge is 0.350 e. The van der Waals surface area contributed by atoms with Crippen LogP contribution in [0.3, 0.4) is 0 Å². The Kier molecular flexibility index (Phi) is 3.04. The van der Waals surface area contributed by atoms with E-state index in [0.29, 0.717) is 0 Å². The van der Waals surface area contributed by atoms with Gasteiger partial charge in [0.15, 0.2) is 11.7 Å². The molecule has 0 bridgehead atoms. The van der Waals surface area contributed by atoms with Crippen LogP contribution in [0, 0.1) is 5.92 Å². The first-order valence-corrected chi connectivity index (χ1v) is 4.84. The molecule has 1 aliphatic carbocycles. The molecule has 2 nitrogen and oxygen atoms in total. The van der Waals surface area contributed by atoms with Crippen molar-refractivity contribution in [1.29, 1.82) is 0 Å². The first kappa shape index (κ1) is 15.2. The van der Waals surface area contributed by atoms with E-state index in [1.165, 1.54) is 0 Å². The van der Waals surface area contributed by atoms with Crippen molar-refractivity contribution in [2.45, 2.75) is 37.0 Å². The molecule has 9 heteroatoms. The van der Waals surface area contributed by atoms with Gasteiger partial charge in [0, 0.05) is 0 Å². The predicted octanol–water partition coefficient (Wildman–Crippen LogP) is 2.40. The minimum absolute atomic E-state index is 0.784. The van der Waals surface area contributed by atoms with Gasteiger partial charge >= 0.3 is 5.92 Å². The lowest BCUT2D eigenvalue weighted by Gasteiger charge is -2.48. The zero-order valence-electron chi connectivity index (χ0n) is 9.38. The van der Waals surface area contributed by atoms with Gasteiger partial charge < -0.3 is 0 Å². The molecule has 1 rings (SSSR count). The molecule has 0 fully saturated rings. The summed E-state index contributed by atoms with van der Waals surface area (Å²) < 4.78 is 94.3. The Morgan fingerprint density at radius 3 is 1.61 bits per heavy atom. The van der Waals surface area contributed by atoms with Crippen LogP contribution in [0.15, 0.2) is 11.7 Å². The number of halogens is 7. The fourth-order valence-electron chi connectivity index (χ4n) is 1.78. The zero-order valence-corrected chi connectivity index (χ0v) is 9.38. The van der Waals surface area contributed by atoms with E-state index in [1.54, 1.807) is 0 Å². The summed E-state index contributed by atoms with van der Waals surface area (Å²) in [6.07, 6.45) is 0. The Morgan fingerprint density at radius 2 is 1.28 bits per heavy atom. The quantitative estimate of drug-likeness (QED) is 0.572. The molecule has 3 atom stereocenters. The number of hydrogen-bond donors (Lipinski definition) is 2. The lowest BCUT2D eigenvalue weighted by molar-refractivity contribution is -0.272. The first-order chi connectivity index (χ1) is 7.76. The molecule has 4 N–H and O–H groups in total. The van der Waals surface area contributed by atoms with E-state index < -0.39 is 40.7 Å². The molecule has 0 saturated heterocycles. The van der Waals surface area contributed by atoms with Crippen LogP contribution >= 0.6 is 0 Å². The Balaban J connectivity index is 3.74. The predicted molar refractivity (Wildman–Crippen MR) is 48.9 cm³/mol. The smallest absolute Gasteiger partial charge is 0.291 e. The standard InChI is InChI=1S/C9H11F7N2/c1-3(2)6(12)4(10)5(11)7(13,17)8(14,15)9(6,16)18/h3H,17-18H2,1-2H3. The van der Waals surface area contributed by atoms with E-state index in [-0.39, 0.29) is 0 Å². The Morgan fingerprint density at radius 1 is 0.889 bits per heavy atom. The monoisotopic (exact) mass is 280 g/mol. The molecule has 0 aliphatic heterocycles. The highest BCUT2D eigenvalue weighted by molar-refractivity contribution is 5.37. The molecule has 0 spiro atoms. The summed E-state index contributed by atoms with van der Waals surface area (Å²) in [6.45, 7) is 1.57. The summed E-state index contributed by atoms with van der Waals surface area (Å²) in [6, 6.07) is 0. The van der Waals surface area contributed by atoms with Gasteiger partial charge in [-0.2, -0.15) is 8.78 Å². The van der Waals surface area contributed by atoms with E-state index in [0.717, 1.165) is 13.8 Å². The van der Waals surface area contributed by atoms with Gasteiger partial charge in [-0.25, -0.2) is 22.0 Å². The summed E-state index contributed by atoms with van der Waals surface area (Å²) in [5.41, 5.74) is 4.39. The molecule has 0 radical (unpaired) electrons. The van der Waals surface area contributed by atoms with Crippen LogP contribution in [0.25, 0.3) is 0 Å². The minimum atomic E-state index is -5.49. The van der Waals surface area contributed by atoms with Gasteiger partial charge in [-0.05, 0) is 5.92 Å². The molecule has 3 unspecified atom stereocenters. The summed E-state index contributed by atoms with van der Waals surface area (Å²) in [7, 11) is 0. The number of hydrogen-bond acceptors (Lipinski definition) is 2.